The van der Waals surface area contributed by atoms with Crippen LogP contribution < -0.4 is 20.3 Å². The monoisotopic (exact) mass is 371 g/mol. The zero-order valence-corrected chi connectivity index (χ0v) is 14.8. The summed E-state index contributed by atoms with van der Waals surface area (Å²) < 4.78 is 18.8. The minimum Gasteiger partial charge on any atom is -0.497 e. The minimum absolute atomic E-state index is 0.141. The average Bonchev–Trinajstić information content (AvgIpc) is 2.65. The number of hydrogen-bond acceptors (Lipinski definition) is 4. The Bertz CT molecular complexity index is 916. The molecule has 0 bridgehead atoms. The largest absolute Gasteiger partial charge is 0.497 e. The molecule has 8 heteroatoms. The first-order valence-corrected chi connectivity index (χ1v) is 8.23. The molecule has 0 radical (unpaired) electrons. The van der Waals surface area contributed by atoms with Crippen molar-refractivity contribution in [1.82, 2.24) is 5.32 Å². The lowest BCUT2D eigenvalue weighted by Crippen LogP contribution is -2.58. The van der Waals surface area contributed by atoms with Gasteiger partial charge in [0, 0.05) is 18.3 Å². The topological polar surface area (TPSA) is 87.7 Å². The summed E-state index contributed by atoms with van der Waals surface area (Å²) in [6.45, 7) is 1.46. The molecule has 2 N–H and O–H groups in total. The molecule has 3 rings (SSSR count). The van der Waals surface area contributed by atoms with E-state index < -0.39 is 29.6 Å². The van der Waals surface area contributed by atoms with E-state index in [1.807, 2.05) is 0 Å². The summed E-state index contributed by atoms with van der Waals surface area (Å²) in [5, 5.41) is 5.04. The molecule has 0 aliphatic carbocycles. The summed E-state index contributed by atoms with van der Waals surface area (Å²) in [6.07, 6.45) is 0. The smallest absolute Gasteiger partial charge is 0.328 e. The van der Waals surface area contributed by atoms with Gasteiger partial charge in [-0.05, 0) is 36.8 Å². The molecule has 1 unspecified atom stereocenters. The number of imide groups is 1. The van der Waals surface area contributed by atoms with Crippen LogP contribution >= 0.6 is 0 Å². The van der Waals surface area contributed by atoms with Gasteiger partial charge in [0.1, 0.15) is 17.5 Å². The van der Waals surface area contributed by atoms with E-state index in [1.165, 1.54) is 25.3 Å². The maximum Gasteiger partial charge on any atom is 0.328 e. The molecule has 7 nitrogen and oxygen atoms in total. The molecule has 1 aliphatic heterocycles. The van der Waals surface area contributed by atoms with Gasteiger partial charge < -0.3 is 15.4 Å². The van der Waals surface area contributed by atoms with Crippen LogP contribution in [0.25, 0.3) is 0 Å². The summed E-state index contributed by atoms with van der Waals surface area (Å²) in [5.74, 6) is -2.43. The Morgan fingerprint density at radius 1 is 1.26 bits per heavy atom. The SMILES string of the molecule is COc1cccc(N2C(=O)NCC(C(=O)Nc3ccc(C)c(F)c3)C2=O)c1. The third kappa shape index (κ3) is 3.74. The fraction of sp³-hybridized carbons (Fsp3) is 0.211. The average molecular weight is 371 g/mol. The summed E-state index contributed by atoms with van der Waals surface area (Å²) in [6, 6.07) is 10.0. The molecule has 4 amide bonds. The number of benzene rings is 2. The zero-order chi connectivity index (χ0) is 19.6. The fourth-order valence-corrected chi connectivity index (χ4v) is 2.71. The first-order valence-electron chi connectivity index (χ1n) is 8.23. The lowest BCUT2D eigenvalue weighted by Gasteiger charge is -2.30. The van der Waals surface area contributed by atoms with Crippen LogP contribution in [0.5, 0.6) is 5.75 Å². The third-order valence-electron chi connectivity index (χ3n) is 4.25. The number of halogens is 1. The van der Waals surface area contributed by atoms with Crippen LogP contribution in [0.4, 0.5) is 20.6 Å². The molecule has 140 valence electrons. The van der Waals surface area contributed by atoms with Crippen molar-refractivity contribution in [3.05, 3.63) is 53.8 Å². The Kier molecular flexibility index (Phi) is 5.07. The lowest BCUT2D eigenvalue weighted by atomic mass is 10.0. The number of aryl methyl sites for hydroxylation is 1. The number of ether oxygens (including phenoxy) is 1. The highest BCUT2D eigenvalue weighted by Gasteiger charge is 2.39. The molecule has 2 aromatic carbocycles. The standard InChI is InChI=1S/C19H18FN3O4/c1-11-6-7-12(8-16(11)20)22-17(24)15-10-21-19(26)23(18(15)25)13-4-3-5-14(9-13)27-2/h3-9,15H,10H2,1-2H3,(H,21,26)(H,22,24). The molecule has 1 heterocycles. The fourth-order valence-electron chi connectivity index (χ4n) is 2.71. The summed E-state index contributed by atoms with van der Waals surface area (Å²) >= 11 is 0. The molecular formula is C19H18FN3O4. The Labute approximate surface area is 155 Å². The van der Waals surface area contributed by atoms with E-state index in [9.17, 15) is 18.8 Å². The van der Waals surface area contributed by atoms with Crippen molar-refractivity contribution < 1.29 is 23.5 Å². The predicted molar refractivity (Wildman–Crippen MR) is 97.1 cm³/mol. The van der Waals surface area contributed by atoms with Crippen molar-refractivity contribution in [3.63, 3.8) is 0 Å². The van der Waals surface area contributed by atoms with Gasteiger partial charge in [0.15, 0.2) is 0 Å². The van der Waals surface area contributed by atoms with E-state index in [0.717, 1.165) is 4.90 Å². The number of carbonyl (C=O) groups excluding carboxylic acids is 3. The number of nitrogens with one attached hydrogen (secondary N) is 2. The van der Waals surface area contributed by atoms with Crippen LogP contribution in [0.3, 0.4) is 0 Å². The van der Waals surface area contributed by atoms with Crippen LogP contribution in [0.1, 0.15) is 5.56 Å². The molecule has 1 aliphatic rings. The van der Waals surface area contributed by atoms with E-state index in [4.69, 9.17) is 4.74 Å². The van der Waals surface area contributed by atoms with E-state index in [2.05, 4.69) is 10.6 Å². The number of anilines is 2. The number of methoxy groups -OCH3 is 1. The zero-order valence-electron chi connectivity index (χ0n) is 14.8. The van der Waals surface area contributed by atoms with E-state index in [-0.39, 0.29) is 17.9 Å². The Balaban J connectivity index is 1.81. The maximum absolute atomic E-state index is 13.7. The Morgan fingerprint density at radius 3 is 2.74 bits per heavy atom. The van der Waals surface area contributed by atoms with E-state index in [1.54, 1.807) is 31.2 Å². The highest BCUT2D eigenvalue weighted by atomic mass is 19.1. The molecule has 1 fully saturated rings. The van der Waals surface area contributed by atoms with Gasteiger partial charge in [-0.2, -0.15) is 0 Å². The van der Waals surface area contributed by atoms with Crippen LogP contribution in [0.15, 0.2) is 42.5 Å². The van der Waals surface area contributed by atoms with Gasteiger partial charge in [0.25, 0.3) is 0 Å². The number of rotatable bonds is 4. The van der Waals surface area contributed by atoms with Gasteiger partial charge >= 0.3 is 6.03 Å². The number of hydrogen-bond donors (Lipinski definition) is 2. The van der Waals surface area contributed by atoms with Gasteiger partial charge in [0.2, 0.25) is 11.8 Å². The second-order valence-electron chi connectivity index (χ2n) is 6.07. The van der Waals surface area contributed by atoms with Crippen LogP contribution in [-0.4, -0.2) is 31.5 Å². The predicted octanol–water partition coefficient (Wildman–Crippen LogP) is 2.45. The van der Waals surface area contributed by atoms with Gasteiger partial charge in [-0.3, -0.25) is 9.59 Å². The van der Waals surface area contributed by atoms with Crippen molar-refractivity contribution >= 4 is 29.2 Å². The summed E-state index contributed by atoms with van der Waals surface area (Å²) in [7, 11) is 1.47. The van der Waals surface area contributed by atoms with Crippen LogP contribution in [0.2, 0.25) is 0 Å². The third-order valence-corrected chi connectivity index (χ3v) is 4.25. The first-order chi connectivity index (χ1) is 12.9. The molecule has 0 saturated carbocycles. The molecule has 0 aromatic heterocycles. The minimum atomic E-state index is -1.14. The number of urea groups is 1. The van der Waals surface area contributed by atoms with E-state index in [0.29, 0.717) is 11.3 Å². The van der Waals surface area contributed by atoms with Gasteiger partial charge in [-0.1, -0.05) is 12.1 Å². The van der Waals surface area contributed by atoms with Gasteiger partial charge in [0.05, 0.1) is 12.8 Å². The van der Waals surface area contributed by atoms with Crippen molar-refractivity contribution in [1.29, 1.82) is 0 Å². The van der Waals surface area contributed by atoms with Gasteiger partial charge in [-0.25, -0.2) is 14.1 Å². The highest BCUT2D eigenvalue weighted by molar-refractivity contribution is 6.23. The quantitative estimate of drug-likeness (QED) is 0.808. The molecular weight excluding hydrogens is 353 g/mol. The van der Waals surface area contributed by atoms with Gasteiger partial charge in [-0.15, -0.1) is 0 Å². The van der Waals surface area contributed by atoms with Crippen molar-refractivity contribution in [2.75, 3.05) is 23.9 Å². The first kappa shape index (κ1) is 18.4. The number of amides is 4. The Hall–Kier alpha value is -3.42. The maximum atomic E-state index is 13.7. The van der Waals surface area contributed by atoms with E-state index >= 15 is 0 Å². The molecule has 2 aromatic rings. The lowest BCUT2D eigenvalue weighted by molar-refractivity contribution is -0.130. The number of nitrogens with zero attached hydrogens (tertiary/aromatic N) is 1. The van der Waals surface area contributed by atoms with Crippen molar-refractivity contribution in [3.8, 4) is 5.75 Å². The molecule has 1 atom stereocenters. The summed E-state index contributed by atoms with van der Waals surface area (Å²) in [5.41, 5.74) is 0.967. The molecule has 27 heavy (non-hydrogen) atoms. The second-order valence-corrected chi connectivity index (χ2v) is 6.07. The highest BCUT2D eigenvalue weighted by Crippen LogP contribution is 2.25. The Morgan fingerprint density at radius 2 is 2.04 bits per heavy atom. The normalized spacial score (nSPS) is 16.7. The van der Waals surface area contributed by atoms with Crippen molar-refractivity contribution in [2.24, 2.45) is 5.92 Å². The van der Waals surface area contributed by atoms with Crippen LogP contribution in [0, 0.1) is 18.7 Å². The number of carbonyl (C=O) groups is 3. The second kappa shape index (κ2) is 7.45. The van der Waals surface area contributed by atoms with Crippen molar-refractivity contribution in [2.45, 2.75) is 6.92 Å². The molecule has 1 saturated heterocycles. The molecule has 0 spiro atoms. The van der Waals surface area contributed by atoms with Crippen LogP contribution in [-0.2, 0) is 9.59 Å². The summed E-state index contributed by atoms with van der Waals surface area (Å²) in [4.78, 5) is 38.4.